The van der Waals surface area contributed by atoms with E-state index in [0.717, 1.165) is 15.7 Å². The lowest BCUT2D eigenvalue weighted by molar-refractivity contribution is 0.176. The van der Waals surface area contributed by atoms with E-state index in [9.17, 15) is 5.11 Å². The van der Waals surface area contributed by atoms with Gasteiger partial charge >= 0.3 is 0 Å². The molecule has 2 aromatic rings. The van der Waals surface area contributed by atoms with Gasteiger partial charge < -0.3 is 5.11 Å². The summed E-state index contributed by atoms with van der Waals surface area (Å²) in [6.07, 6.45) is 1.62. The summed E-state index contributed by atoms with van der Waals surface area (Å²) in [5.41, 5.74) is 1.68. The molecule has 0 saturated heterocycles. The molecule has 1 unspecified atom stereocenters. The molecule has 1 aromatic heterocycles. The Morgan fingerprint density at radius 1 is 1.29 bits per heavy atom. The zero-order valence-electron chi connectivity index (χ0n) is 8.98. The van der Waals surface area contributed by atoms with Crippen LogP contribution >= 0.6 is 27.5 Å². The largest absolute Gasteiger partial charge is 0.388 e. The SMILES string of the molecule is OC(Cc1ccccn1)c1ccc(Cl)cc1Br. The summed E-state index contributed by atoms with van der Waals surface area (Å²) in [6, 6.07) is 11.0. The van der Waals surface area contributed by atoms with E-state index in [1.807, 2.05) is 24.3 Å². The predicted molar refractivity (Wildman–Crippen MR) is 72.1 cm³/mol. The zero-order valence-corrected chi connectivity index (χ0v) is 11.3. The van der Waals surface area contributed by atoms with Crippen LogP contribution in [0, 0.1) is 0 Å². The lowest BCUT2D eigenvalue weighted by Crippen LogP contribution is -2.03. The third-order valence-corrected chi connectivity index (χ3v) is 3.37. The van der Waals surface area contributed by atoms with Crippen LogP contribution in [0.4, 0.5) is 0 Å². The Hall–Kier alpha value is -0.900. The molecule has 2 rings (SSSR count). The summed E-state index contributed by atoms with van der Waals surface area (Å²) >= 11 is 9.25. The van der Waals surface area contributed by atoms with E-state index in [2.05, 4.69) is 20.9 Å². The zero-order chi connectivity index (χ0) is 12.3. The van der Waals surface area contributed by atoms with Crippen LogP contribution < -0.4 is 0 Å². The van der Waals surface area contributed by atoms with Gasteiger partial charge in [-0.3, -0.25) is 4.98 Å². The van der Waals surface area contributed by atoms with Gasteiger partial charge in [0.05, 0.1) is 6.10 Å². The fraction of sp³-hybridized carbons (Fsp3) is 0.154. The molecule has 0 amide bonds. The quantitative estimate of drug-likeness (QED) is 0.936. The molecule has 0 fully saturated rings. The molecule has 0 aliphatic rings. The van der Waals surface area contributed by atoms with Crippen LogP contribution in [-0.4, -0.2) is 10.1 Å². The molecule has 0 spiro atoms. The van der Waals surface area contributed by atoms with E-state index >= 15 is 0 Å². The van der Waals surface area contributed by atoms with E-state index < -0.39 is 6.10 Å². The predicted octanol–water partition coefficient (Wildman–Crippen LogP) is 3.77. The number of benzene rings is 1. The Morgan fingerprint density at radius 2 is 2.12 bits per heavy atom. The third kappa shape index (κ3) is 3.28. The second kappa shape index (κ2) is 5.63. The van der Waals surface area contributed by atoms with Crippen LogP contribution in [-0.2, 0) is 6.42 Å². The third-order valence-electron chi connectivity index (χ3n) is 2.45. The minimum Gasteiger partial charge on any atom is -0.388 e. The molecule has 0 saturated carbocycles. The second-order valence-corrected chi connectivity index (χ2v) is 5.00. The second-order valence-electron chi connectivity index (χ2n) is 3.71. The van der Waals surface area contributed by atoms with E-state index in [0.29, 0.717) is 11.4 Å². The van der Waals surface area contributed by atoms with Gasteiger partial charge in [-0.2, -0.15) is 0 Å². The van der Waals surface area contributed by atoms with Crippen LogP contribution in [0.3, 0.4) is 0 Å². The number of aliphatic hydroxyl groups excluding tert-OH is 1. The fourth-order valence-corrected chi connectivity index (χ4v) is 2.55. The maximum atomic E-state index is 10.1. The number of aliphatic hydroxyl groups is 1. The molecule has 4 heteroatoms. The number of halogens is 2. The number of pyridine rings is 1. The topological polar surface area (TPSA) is 33.1 Å². The molecule has 88 valence electrons. The highest BCUT2D eigenvalue weighted by atomic mass is 79.9. The Balaban J connectivity index is 2.17. The van der Waals surface area contributed by atoms with Crippen molar-refractivity contribution in [1.82, 2.24) is 4.98 Å². The first-order chi connectivity index (χ1) is 8.16. The highest BCUT2D eigenvalue weighted by Crippen LogP contribution is 2.28. The van der Waals surface area contributed by atoms with Gasteiger partial charge in [-0.25, -0.2) is 0 Å². The Bertz CT molecular complexity index is 504. The van der Waals surface area contributed by atoms with E-state index in [4.69, 9.17) is 11.6 Å². The minimum atomic E-state index is -0.587. The molecule has 0 aliphatic carbocycles. The maximum Gasteiger partial charge on any atom is 0.0856 e. The van der Waals surface area contributed by atoms with Crippen molar-refractivity contribution in [2.75, 3.05) is 0 Å². The summed E-state index contributed by atoms with van der Waals surface area (Å²) in [5, 5.41) is 10.8. The van der Waals surface area contributed by atoms with Crippen molar-refractivity contribution in [3.63, 3.8) is 0 Å². The van der Waals surface area contributed by atoms with Gasteiger partial charge in [-0.15, -0.1) is 0 Å². The van der Waals surface area contributed by atoms with Crippen molar-refractivity contribution in [1.29, 1.82) is 0 Å². The molecule has 2 nitrogen and oxygen atoms in total. The Morgan fingerprint density at radius 3 is 2.76 bits per heavy atom. The molecule has 0 aliphatic heterocycles. The summed E-state index contributed by atoms with van der Waals surface area (Å²) in [5.74, 6) is 0. The average molecular weight is 313 g/mol. The lowest BCUT2D eigenvalue weighted by atomic mass is 10.0. The number of hydrogen-bond acceptors (Lipinski definition) is 2. The van der Waals surface area contributed by atoms with Crippen LogP contribution in [0.25, 0.3) is 0 Å². The van der Waals surface area contributed by atoms with E-state index in [-0.39, 0.29) is 0 Å². The first-order valence-corrected chi connectivity index (χ1v) is 6.37. The monoisotopic (exact) mass is 311 g/mol. The van der Waals surface area contributed by atoms with Crippen LogP contribution in [0.2, 0.25) is 5.02 Å². The molecule has 1 heterocycles. The van der Waals surface area contributed by atoms with E-state index in [1.54, 1.807) is 18.3 Å². The molecule has 1 aromatic carbocycles. The highest BCUT2D eigenvalue weighted by molar-refractivity contribution is 9.10. The minimum absolute atomic E-state index is 0.487. The molecule has 0 bridgehead atoms. The summed E-state index contributed by atoms with van der Waals surface area (Å²) in [6.45, 7) is 0. The van der Waals surface area contributed by atoms with Gasteiger partial charge in [0, 0.05) is 27.8 Å². The molecular formula is C13H11BrClNO. The molecule has 1 N–H and O–H groups in total. The number of hydrogen-bond donors (Lipinski definition) is 1. The first kappa shape index (κ1) is 12.6. The van der Waals surface area contributed by atoms with Gasteiger partial charge in [-0.05, 0) is 29.8 Å². The molecule has 0 radical (unpaired) electrons. The smallest absolute Gasteiger partial charge is 0.0856 e. The van der Waals surface area contributed by atoms with Crippen LogP contribution in [0.1, 0.15) is 17.4 Å². The fourth-order valence-electron chi connectivity index (χ4n) is 1.60. The highest BCUT2D eigenvalue weighted by Gasteiger charge is 2.12. The van der Waals surface area contributed by atoms with E-state index in [1.165, 1.54) is 0 Å². The summed E-state index contributed by atoms with van der Waals surface area (Å²) in [7, 11) is 0. The standard InChI is InChI=1S/C13H11BrClNO/c14-12-7-9(15)4-5-11(12)13(17)8-10-3-1-2-6-16-10/h1-7,13,17H,8H2. The Labute approximate surface area is 113 Å². The van der Waals surface area contributed by atoms with Crippen molar-refractivity contribution < 1.29 is 5.11 Å². The normalized spacial score (nSPS) is 12.4. The van der Waals surface area contributed by atoms with Crippen molar-refractivity contribution in [3.05, 3.63) is 63.3 Å². The average Bonchev–Trinajstić information content (AvgIpc) is 2.30. The van der Waals surface area contributed by atoms with Crippen molar-refractivity contribution in [2.45, 2.75) is 12.5 Å². The van der Waals surface area contributed by atoms with Gasteiger partial charge in [-0.1, -0.05) is 39.7 Å². The Kier molecular flexibility index (Phi) is 4.15. The number of rotatable bonds is 3. The number of nitrogens with zero attached hydrogens (tertiary/aromatic N) is 1. The maximum absolute atomic E-state index is 10.1. The van der Waals surface area contributed by atoms with Crippen LogP contribution in [0.5, 0.6) is 0 Å². The van der Waals surface area contributed by atoms with Crippen molar-refractivity contribution >= 4 is 27.5 Å². The van der Waals surface area contributed by atoms with Crippen molar-refractivity contribution in [2.24, 2.45) is 0 Å². The van der Waals surface area contributed by atoms with Crippen molar-refractivity contribution in [3.8, 4) is 0 Å². The first-order valence-electron chi connectivity index (χ1n) is 5.20. The van der Waals surface area contributed by atoms with Gasteiger partial charge in [0.2, 0.25) is 0 Å². The number of aromatic nitrogens is 1. The molecule has 17 heavy (non-hydrogen) atoms. The van der Waals surface area contributed by atoms with Crippen LogP contribution in [0.15, 0.2) is 47.1 Å². The van der Waals surface area contributed by atoms with Gasteiger partial charge in [0.1, 0.15) is 0 Å². The lowest BCUT2D eigenvalue weighted by Gasteiger charge is -2.12. The van der Waals surface area contributed by atoms with Gasteiger partial charge in [0.25, 0.3) is 0 Å². The molecular weight excluding hydrogens is 302 g/mol. The van der Waals surface area contributed by atoms with Gasteiger partial charge in [0.15, 0.2) is 0 Å². The summed E-state index contributed by atoms with van der Waals surface area (Å²) < 4.78 is 0.813. The summed E-state index contributed by atoms with van der Waals surface area (Å²) in [4.78, 5) is 4.19. The molecule has 1 atom stereocenters.